The molecule has 1 aromatic carbocycles. The van der Waals surface area contributed by atoms with Crippen LogP contribution in [0.5, 0.6) is 11.5 Å². The summed E-state index contributed by atoms with van der Waals surface area (Å²) in [6.07, 6.45) is 1.15. The van der Waals surface area contributed by atoms with E-state index in [4.69, 9.17) is 14.2 Å². The topological polar surface area (TPSA) is 64.1 Å². The van der Waals surface area contributed by atoms with Gasteiger partial charge in [-0.25, -0.2) is 4.99 Å². The van der Waals surface area contributed by atoms with E-state index >= 15 is 0 Å². The fraction of sp³-hybridized carbons (Fsp3) is 0.611. The van der Waals surface area contributed by atoms with E-state index in [0.717, 1.165) is 36.0 Å². The van der Waals surface area contributed by atoms with E-state index in [1.807, 2.05) is 13.8 Å². The first-order valence-corrected chi connectivity index (χ1v) is 8.64. The molecule has 7 heteroatoms. The quantitative estimate of drug-likeness (QED) is 0.269. The van der Waals surface area contributed by atoms with Gasteiger partial charge in [0.2, 0.25) is 0 Å². The number of nitrogens with zero attached hydrogens (tertiary/aromatic N) is 1. The van der Waals surface area contributed by atoms with Crippen LogP contribution in [0, 0.1) is 0 Å². The minimum absolute atomic E-state index is 0. The standard InChI is InChI=1S/C18H29N3O3.HI/c1-5-19-18(20-7-8-22-4)21-12-15-11-17-14(9-13(3)24-17)10-16(15)23-6-2;/h10-11,13H,5-9,12H2,1-4H3,(H2,19,20,21);1H. The average molecular weight is 463 g/mol. The molecule has 1 aromatic rings. The van der Waals surface area contributed by atoms with E-state index in [9.17, 15) is 0 Å². The third kappa shape index (κ3) is 6.54. The summed E-state index contributed by atoms with van der Waals surface area (Å²) in [5.74, 6) is 2.62. The molecule has 0 fully saturated rings. The fourth-order valence-electron chi connectivity index (χ4n) is 2.67. The van der Waals surface area contributed by atoms with E-state index in [1.54, 1.807) is 7.11 Å². The van der Waals surface area contributed by atoms with Crippen LogP contribution in [0.2, 0.25) is 0 Å². The molecule has 1 aliphatic heterocycles. The zero-order valence-electron chi connectivity index (χ0n) is 15.6. The summed E-state index contributed by atoms with van der Waals surface area (Å²) in [6.45, 7) is 9.45. The van der Waals surface area contributed by atoms with Crippen molar-refractivity contribution >= 4 is 29.9 Å². The number of nitrogens with one attached hydrogen (secondary N) is 2. The molecule has 0 aliphatic carbocycles. The third-order valence-corrected chi connectivity index (χ3v) is 3.73. The van der Waals surface area contributed by atoms with Crippen molar-refractivity contribution in [3.8, 4) is 11.5 Å². The predicted octanol–water partition coefficient (Wildman–Crippen LogP) is 2.73. The monoisotopic (exact) mass is 463 g/mol. The van der Waals surface area contributed by atoms with Crippen LogP contribution in [-0.4, -0.2) is 45.5 Å². The smallest absolute Gasteiger partial charge is 0.191 e. The zero-order chi connectivity index (χ0) is 17.4. The molecule has 0 saturated carbocycles. The lowest BCUT2D eigenvalue weighted by Crippen LogP contribution is -2.38. The Morgan fingerprint density at radius 3 is 2.80 bits per heavy atom. The lowest BCUT2D eigenvalue weighted by atomic mass is 10.1. The molecule has 1 atom stereocenters. The summed E-state index contributed by atoms with van der Waals surface area (Å²) < 4.78 is 16.7. The van der Waals surface area contributed by atoms with Crippen LogP contribution in [-0.2, 0) is 17.7 Å². The van der Waals surface area contributed by atoms with Gasteiger partial charge in [0.05, 0.1) is 19.8 Å². The molecule has 0 spiro atoms. The molecule has 0 saturated heterocycles. The summed E-state index contributed by atoms with van der Waals surface area (Å²) in [6, 6.07) is 4.16. The number of hydrogen-bond acceptors (Lipinski definition) is 4. The molecule has 142 valence electrons. The van der Waals surface area contributed by atoms with Crippen LogP contribution in [0.3, 0.4) is 0 Å². The highest BCUT2D eigenvalue weighted by atomic mass is 127. The van der Waals surface area contributed by atoms with Gasteiger partial charge in [0.1, 0.15) is 17.6 Å². The highest BCUT2D eigenvalue weighted by molar-refractivity contribution is 14.0. The molecule has 1 aliphatic rings. The number of rotatable bonds is 8. The van der Waals surface area contributed by atoms with Crippen molar-refractivity contribution in [3.63, 3.8) is 0 Å². The van der Waals surface area contributed by atoms with E-state index in [2.05, 4.69) is 34.7 Å². The average Bonchev–Trinajstić information content (AvgIpc) is 2.92. The molecule has 1 unspecified atom stereocenters. The van der Waals surface area contributed by atoms with Crippen LogP contribution in [0.1, 0.15) is 31.9 Å². The Bertz CT molecular complexity index is 567. The molecule has 25 heavy (non-hydrogen) atoms. The normalized spacial score (nSPS) is 15.8. The van der Waals surface area contributed by atoms with Crippen molar-refractivity contribution in [1.29, 1.82) is 0 Å². The number of guanidine groups is 1. The second kappa shape index (κ2) is 11.4. The molecular formula is C18H30IN3O3. The minimum Gasteiger partial charge on any atom is -0.494 e. The Morgan fingerprint density at radius 1 is 1.32 bits per heavy atom. The maximum absolute atomic E-state index is 5.86. The summed E-state index contributed by atoms with van der Waals surface area (Å²) in [7, 11) is 1.69. The number of aliphatic imine (C=N–C) groups is 1. The third-order valence-electron chi connectivity index (χ3n) is 3.73. The van der Waals surface area contributed by atoms with E-state index in [0.29, 0.717) is 26.3 Å². The van der Waals surface area contributed by atoms with Crippen molar-refractivity contribution in [2.45, 2.75) is 39.8 Å². The molecule has 0 aromatic heterocycles. The Hall–Kier alpha value is -1.22. The van der Waals surface area contributed by atoms with E-state index in [1.165, 1.54) is 5.56 Å². The van der Waals surface area contributed by atoms with Crippen molar-refractivity contribution in [2.75, 3.05) is 33.4 Å². The van der Waals surface area contributed by atoms with Crippen molar-refractivity contribution < 1.29 is 14.2 Å². The second-order valence-electron chi connectivity index (χ2n) is 5.75. The Labute approximate surface area is 167 Å². The summed E-state index contributed by atoms with van der Waals surface area (Å²) in [5, 5.41) is 6.48. The zero-order valence-corrected chi connectivity index (χ0v) is 17.9. The van der Waals surface area contributed by atoms with Crippen LogP contribution < -0.4 is 20.1 Å². The molecule has 2 N–H and O–H groups in total. The molecule has 6 nitrogen and oxygen atoms in total. The first kappa shape index (κ1) is 21.8. The van der Waals surface area contributed by atoms with Gasteiger partial charge in [-0.2, -0.15) is 0 Å². The number of benzene rings is 1. The Kier molecular flexibility index (Phi) is 9.96. The number of halogens is 1. The molecule has 2 rings (SSSR count). The van der Waals surface area contributed by atoms with Gasteiger partial charge < -0.3 is 24.8 Å². The van der Waals surface area contributed by atoms with Crippen molar-refractivity contribution in [2.24, 2.45) is 4.99 Å². The summed E-state index contributed by atoms with van der Waals surface area (Å²) in [4.78, 5) is 4.65. The molecule has 0 bridgehead atoms. The lowest BCUT2D eigenvalue weighted by molar-refractivity contribution is 0.203. The van der Waals surface area contributed by atoms with Crippen molar-refractivity contribution in [1.82, 2.24) is 10.6 Å². The van der Waals surface area contributed by atoms with Gasteiger partial charge in [-0.15, -0.1) is 24.0 Å². The highest BCUT2D eigenvalue weighted by Gasteiger charge is 2.21. The van der Waals surface area contributed by atoms with Crippen LogP contribution in [0.4, 0.5) is 0 Å². The van der Waals surface area contributed by atoms with Gasteiger partial charge in [-0.05, 0) is 32.9 Å². The van der Waals surface area contributed by atoms with Gasteiger partial charge in [-0.1, -0.05) is 0 Å². The van der Waals surface area contributed by atoms with Crippen LogP contribution in [0.25, 0.3) is 0 Å². The van der Waals surface area contributed by atoms with Gasteiger partial charge in [0.15, 0.2) is 5.96 Å². The minimum atomic E-state index is 0. The second-order valence-corrected chi connectivity index (χ2v) is 5.75. The maximum Gasteiger partial charge on any atom is 0.191 e. The fourth-order valence-corrected chi connectivity index (χ4v) is 2.67. The van der Waals surface area contributed by atoms with Gasteiger partial charge >= 0.3 is 0 Å². The largest absolute Gasteiger partial charge is 0.494 e. The predicted molar refractivity (Wildman–Crippen MR) is 112 cm³/mol. The summed E-state index contributed by atoms with van der Waals surface area (Å²) >= 11 is 0. The lowest BCUT2D eigenvalue weighted by Gasteiger charge is -2.13. The molecular weight excluding hydrogens is 433 g/mol. The Balaban J connectivity index is 0.00000312. The first-order chi connectivity index (χ1) is 11.7. The first-order valence-electron chi connectivity index (χ1n) is 8.64. The van der Waals surface area contributed by atoms with Crippen molar-refractivity contribution in [3.05, 3.63) is 23.3 Å². The summed E-state index contributed by atoms with van der Waals surface area (Å²) in [5.41, 5.74) is 2.25. The van der Waals surface area contributed by atoms with Gasteiger partial charge in [0, 0.05) is 37.7 Å². The van der Waals surface area contributed by atoms with E-state index in [-0.39, 0.29) is 30.1 Å². The highest BCUT2D eigenvalue weighted by Crippen LogP contribution is 2.35. The number of hydrogen-bond donors (Lipinski definition) is 2. The SMILES string of the molecule is CCNC(=NCc1cc2c(cc1OCC)CC(C)O2)NCCOC.I. The van der Waals surface area contributed by atoms with Gasteiger partial charge in [-0.3, -0.25) is 0 Å². The molecule has 0 amide bonds. The molecule has 0 radical (unpaired) electrons. The molecule has 1 heterocycles. The van der Waals surface area contributed by atoms with Crippen LogP contribution >= 0.6 is 24.0 Å². The number of methoxy groups -OCH3 is 1. The number of ether oxygens (including phenoxy) is 3. The Morgan fingerprint density at radius 2 is 2.12 bits per heavy atom. The number of fused-ring (bicyclic) bond motifs is 1. The van der Waals surface area contributed by atoms with Crippen LogP contribution in [0.15, 0.2) is 17.1 Å². The van der Waals surface area contributed by atoms with E-state index < -0.39 is 0 Å². The maximum atomic E-state index is 5.86. The van der Waals surface area contributed by atoms with Gasteiger partial charge in [0.25, 0.3) is 0 Å².